The Hall–Kier alpha value is -0.603. The van der Waals surface area contributed by atoms with Crippen LogP contribution >= 0.6 is 0 Å². The Balaban J connectivity index is 2.13. The highest BCUT2D eigenvalue weighted by molar-refractivity contribution is 6.27. The second-order valence-electron chi connectivity index (χ2n) is 3.72. The van der Waals surface area contributed by atoms with Gasteiger partial charge in [-0.3, -0.25) is 0 Å². The number of hydrogen-bond donors (Lipinski definition) is 0. The fourth-order valence-electron chi connectivity index (χ4n) is 1.08. The molecule has 0 fully saturated rings. The van der Waals surface area contributed by atoms with Gasteiger partial charge in [0.25, 0.3) is 0 Å². The Morgan fingerprint density at radius 1 is 1.23 bits per heavy atom. The largest absolute Gasteiger partial charge is 0.420 e. The van der Waals surface area contributed by atoms with E-state index in [0.29, 0.717) is 0 Å². The molecule has 0 heterocycles. The molecule has 0 aromatic heterocycles. The normalized spacial score (nSPS) is 11.6. The van der Waals surface area contributed by atoms with Gasteiger partial charge in [0.15, 0.2) is 9.76 Å². The summed E-state index contributed by atoms with van der Waals surface area (Å²) in [5.74, 6) is 0.794. The molecule has 13 heavy (non-hydrogen) atoms. The molecule has 0 saturated heterocycles. The van der Waals surface area contributed by atoms with E-state index in [9.17, 15) is 0 Å². The van der Waals surface area contributed by atoms with Gasteiger partial charge in [-0.1, -0.05) is 44.2 Å². The maximum atomic E-state index is 5.67. The van der Waals surface area contributed by atoms with E-state index in [-0.39, 0.29) is 9.76 Å². The predicted octanol–water partition coefficient (Wildman–Crippen LogP) is 2.36. The van der Waals surface area contributed by atoms with Crippen molar-refractivity contribution in [2.75, 3.05) is 0 Å². The maximum absolute atomic E-state index is 5.67. The summed E-state index contributed by atoms with van der Waals surface area (Å²) in [5, 5.41) is 0. The first kappa shape index (κ1) is 10.5. The van der Waals surface area contributed by atoms with Crippen molar-refractivity contribution < 1.29 is 4.43 Å². The minimum atomic E-state index is -0.280. The average molecular weight is 194 g/mol. The molecule has 0 aliphatic carbocycles. The van der Waals surface area contributed by atoms with Crippen LogP contribution in [0.5, 0.6) is 0 Å². The van der Waals surface area contributed by atoms with Crippen molar-refractivity contribution in [1.82, 2.24) is 0 Å². The van der Waals surface area contributed by atoms with Crippen LogP contribution in [-0.2, 0) is 11.0 Å². The lowest BCUT2D eigenvalue weighted by Crippen LogP contribution is -2.02. The maximum Gasteiger partial charge on any atom is 0.162 e. The Morgan fingerprint density at radius 2 is 1.92 bits per heavy atom. The van der Waals surface area contributed by atoms with Gasteiger partial charge in [0.1, 0.15) is 0 Å². The molecule has 0 amide bonds. The molecule has 0 spiro atoms. The van der Waals surface area contributed by atoms with Crippen molar-refractivity contribution in [3.05, 3.63) is 35.9 Å². The molecule has 0 saturated carbocycles. The van der Waals surface area contributed by atoms with Crippen LogP contribution in [0.15, 0.2) is 30.3 Å². The molecule has 0 aliphatic heterocycles. The van der Waals surface area contributed by atoms with Gasteiger partial charge < -0.3 is 4.43 Å². The summed E-state index contributed by atoms with van der Waals surface area (Å²) in [5.41, 5.74) is 1.29. The van der Waals surface area contributed by atoms with E-state index in [2.05, 4.69) is 38.1 Å². The molecular formula is C11H18OSi. The summed E-state index contributed by atoms with van der Waals surface area (Å²) in [4.78, 5) is 0. The zero-order valence-electron chi connectivity index (χ0n) is 8.49. The van der Waals surface area contributed by atoms with Gasteiger partial charge in [0.2, 0.25) is 0 Å². The summed E-state index contributed by atoms with van der Waals surface area (Å²) < 4.78 is 5.67. The van der Waals surface area contributed by atoms with Crippen LogP contribution in [0.1, 0.15) is 19.4 Å². The highest BCUT2D eigenvalue weighted by Gasteiger charge is 1.95. The second kappa shape index (κ2) is 5.94. The van der Waals surface area contributed by atoms with E-state index in [1.165, 1.54) is 11.6 Å². The third-order valence-corrected chi connectivity index (χ3v) is 3.83. The van der Waals surface area contributed by atoms with Gasteiger partial charge in [-0.05, 0) is 17.5 Å². The van der Waals surface area contributed by atoms with E-state index in [4.69, 9.17) is 4.43 Å². The SMILES string of the molecule is CC(C)C[SiH2]OCc1ccccc1. The molecule has 72 valence electrons. The molecule has 1 rings (SSSR count). The first-order valence-electron chi connectivity index (χ1n) is 4.90. The minimum absolute atomic E-state index is 0.280. The van der Waals surface area contributed by atoms with Gasteiger partial charge in [0.05, 0.1) is 6.61 Å². The zero-order chi connectivity index (χ0) is 9.52. The summed E-state index contributed by atoms with van der Waals surface area (Å²) in [6.07, 6.45) is 0. The lowest BCUT2D eigenvalue weighted by Gasteiger charge is -2.05. The van der Waals surface area contributed by atoms with Gasteiger partial charge in [-0.2, -0.15) is 0 Å². The number of benzene rings is 1. The lowest BCUT2D eigenvalue weighted by molar-refractivity contribution is 0.320. The number of rotatable bonds is 5. The smallest absolute Gasteiger partial charge is 0.162 e. The highest BCUT2D eigenvalue weighted by atomic mass is 28.2. The van der Waals surface area contributed by atoms with Crippen LogP contribution in [-0.4, -0.2) is 9.76 Å². The zero-order valence-corrected chi connectivity index (χ0v) is 9.91. The first-order valence-corrected chi connectivity index (χ1v) is 6.48. The third-order valence-electron chi connectivity index (χ3n) is 1.95. The van der Waals surface area contributed by atoms with Crippen molar-refractivity contribution in [2.24, 2.45) is 5.92 Å². The van der Waals surface area contributed by atoms with Crippen LogP contribution in [0.2, 0.25) is 6.04 Å². The molecule has 0 bridgehead atoms. The Bertz CT molecular complexity index is 221. The van der Waals surface area contributed by atoms with Crippen molar-refractivity contribution in [1.29, 1.82) is 0 Å². The van der Waals surface area contributed by atoms with Crippen LogP contribution in [0.4, 0.5) is 0 Å². The number of hydrogen-bond acceptors (Lipinski definition) is 1. The molecule has 1 nitrogen and oxygen atoms in total. The first-order chi connectivity index (χ1) is 6.29. The highest BCUT2D eigenvalue weighted by Crippen LogP contribution is 2.03. The van der Waals surface area contributed by atoms with Crippen LogP contribution < -0.4 is 0 Å². The monoisotopic (exact) mass is 194 g/mol. The molecular weight excluding hydrogens is 176 g/mol. The topological polar surface area (TPSA) is 9.23 Å². The van der Waals surface area contributed by atoms with Crippen molar-refractivity contribution in [3.8, 4) is 0 Å². The van der Waals surface area contributed by atoms with E-state index < -0.39 is 0 Å². The summed E-state index contributed by atoms with van der Waals surface area (Å²) in [6, 6.07) is 11.7. The quantitative estimate of drug-likeness (QED) is 0.516. The molecule has 1 aromatic carbocycles. The van der Waals surface area contributed by atoms with E-state index in [0.717, 1.165) is 12.5 Å². The fourth-order valence-corrected chi connectivity index (χ4v) is 2.10. The Morgan fingerprint density at radius 3 is 2.54 bits per heavy atom. The van der Waals surface area contributed by atoms with Gasteiger partial charge in [0, 0.05) is 0 Å². The summed E-state index contributed by atoms with van der Waals surface area (Å²) >= 11 is 0. The molecule has 0 atom stereocenters. The van der Waals surface area contributed by atoms with E-state index in [1.807, 2.05) is 6.07 Å². The van der Waals surface area contributed by atoms with Crippen LogP contribution in [0.3, 0.4) is 0 Å². The standard InChI is InChI=1S/C11H18OSi/c1-10(2)9-13-12-8-11-6-4-3-5-7-11/h3-7,10H,8-9,13H2,1-2H3. The van der Waals surface area contributed by atoms with Crippen molar-refractivity contribution in [2.45, 2.75) is 26.5 Å². The van der Waals surface area contributed by atoms with Gasteiger partial charge in [-0.15, -0.1) is 0 Å². The molecule has 0 unspecified atom stereocenters. The van der Waals surface area contributed by atoms with Crippen molar-refractivity contribution in [3.63, 3.8) is 0 Å². The van der Waals surface area contributed by atoms with E-state index >= 15 is 0 Å². The average Bonchev–Trinajstić information content (AvgIpc) is 2.14. The lowest BCUT2D eigenvalue weighted by atomic mass is 10.2. The minimum Gasteiger partial charge on any atom is -0.420 e. The Kier molecular flexibility index (Phi) is 4.79. The molecule has 1 aromatic rings. The van der Waals surface area contributed by atoms with Crippen molar-refractivity contribution >= 4 is 9.76 Å². The van der Waals surface area contributed by atoms with Gasteiger partial charge in [-0.25, -0.2) is 0 Å². The Labute approximate surface area is 83.1 Å². The molecule has 0 aliphatic rings. The summed E-state index contributed by atoms with van der Waals surface area (Å²) in [7, 11) is -0.280. The van der Waals surface area contributed by atoms with Crippen LogP contribution in [0.25, 0.3) is 0 Å². The molecule has 0 N–H and O–H groups in total. The van der Waals surface area contributed by atoms with Crippen LogP contribution in [0, 0.1) is 5.92 Å². The predicted molar refractivity (Wildman–Crippen MR) is 59.4 cm³/mol. The van der Waals surface area contributed by atoms with E-state index in [1.54, 1.807) is 0 Å². The molecule has 2 heteroatoms. The molecule has 0 radical (unpaired) electrons. The second-order valence-corrected chi connectivity index (χ2v) is 5.11. The summed E-state index contributed by atoms with van der Waals surface area (Å²) in [6.45, 7) is 5.30. The third kappa shape index (κ3) is 4.86. The fraction of sp³-hybridized carbons (Fsp3) is 0.455. The van der Waals surface area contributed by atoms with Gasteiger partial charge >= 0.3 is 0 Å².